The number of aryl methyl sites for hydroxylation is 2. The third-order valence-electron chi connectivity index (χ3n) is 8.37. The van der Waals surface area contributed by atoms with Crippen molar-refractivity contribution < 1.29 is 34.8 Å². The molecule has 5 rings (SSSR count). The summed E-state index contributed by atoms with van der Waals surface area (Å²) in [5.74, 6) is -6.57. The summed E-state index contributed by atoms with van der Waals surface area (Å²) in [6.07, 6.45) is 1.56. The molecular weight excluding hydrogens is 502 g/mol. The van der Waals surface area contributed by atoms with Crippen LogP contribution in [0.5, 0.6) is 5.75 Å². The fourth-order valence-electron chi connectivity index (χ4n) is 6.51. The molecule has 8 N–H and O–H groups in total. The summed E-state index contributed by atoms with van der Waals surface area (Å²) in [5, 5.41) is 44.6. The van der Waals surface area contributed by atoms with Gasteiger partial charge in [0.25, 0.3) is 5.91 Å². The highest BCUT2D eigenvalue weighted by Crippen LogP contribution is 2.52. The van der Waals surface area contributed by atoms with Crippen LogP contribution in [0.1, 0.15) is 33.5 Å². The van der Waals surface area contributed by atoms with Crippen molar-refractivity contribution in [2.45, 2.75) is 37.3 Å². The molecule has 3 aliphatic rings. The molecule has 0 aromatic heterocycles. The lowest BCUT2D eigenvalue weighted by Gasteiger charge is -2.50. The Morgan fingerprint density at radius 3 is 2.33 bits per heavy atom. The number of aromatic hydroxyl groups is 1. The Hall–Kier alpha value is -4.15. The van der Waals surface area contributed by atoms with Crippen LogP contribution in [0.25, 0.3) is 0 Å². The van der Waals surface area contributed by atoms with Crippen molar-refractivity contribution in [3.05, 3.63) is 81.3 Å². The smallest absolute Gasteiger partial charge is 0.255 e. The van der Waals surface area contributed by atoms with Crippen molar-refractivity contribution in [2.75, 3.05) is 19.8 Å². The normalized spacial score (nSPS) is 26.4. The number of hydrogen-bond donors (Lipinski definition) is 6. The molecule has 10 nitrogen and oxygen atoms in total. The van der Waals surface area contributed by atoms with Crippen LogP contribution >= 0.6 is 0 Å². The number of aliphatic hydroxyl groups is 3. The zero-order chi connectivity index (χ0) is 28.4. The number of Topliss-reactive ketones (excluding diaryl/α,β-unsaturated/α-hetero) is 2. The van der Waals surface area contributed by atoms with Crippen LogP contribution in [0.2, 0.25) is 0 Å². The standard InChI is InChI=1S/C29H31N3O7/c1-32(2)23-18-12-15-11-17-14(6-3-13-4-8-16(30)9-5-13)7-10-19(33)21(17)24(34)20(15)26(36)29(18,39)27(37)22(25(23)35)28(31)38/h4-5,7-10,15,18,23,33,35-36,39H,3,6,11-12,30H2,1-2H3,(H2,31,38)/t15-,18-,23-,29+/m1/s1. The first-order valence-electron chi connectivity index (χ1n) is 12.7. The molecule has 1 amide bonds. The molecule has 0 fully saturated rings. The summed E-state index contributed by atoms with van der Waals surface area (Å²) in [4.78, 5) is 40.8. The van der Waals surface area contributed by atoms with Crippen LogP contribution < -0.4 is 11.5 Å². The second-order valence-corrected chi connectivity index (χ2v) is 10.8. The number of carbonyl (C=O) groups excluding carboxylic acids is 3. The van der Waals surface area contributed by atoms with Gasteiger partial charge < -0.3 is 31.9 Å². The van der Waals surface area contributed by atoms with Gasteiger partial charge in [-0.05, 0) is 80.6 Å². The minimum Gasteiger partial charge on any atom is -0.510 e. The molecule has 0 radical (unpaired) electrons. The third kappa shape index (κ3) is 3.90. The van der Waals surface area contributed by atoms with Crippen molar-refractivity contribution in [3.63, 3.8) is 0 Å². The molecule has 3 aliphatic carbocycles. The van der Waals surface area contributed by atoms with Gasteiger partial charge in [0.2, 0.25) is 5.78 Å². The minimum absolute atomic E-state index is 0.0191. The number of hydrogen-bond acceptors (Lipinski definition) is 9. The Morgan fingerprint density at radius 1 is 1.05 bits per heavy atom. The molecule has 0 bridgehead atoms. The van der Waals surface area contributed by atoms with Crippen molar-refractivity contribution in [3.8, 4) is 5.75 Å². The highest BCUT2D eigenvalue weighted by atomic mass is 16.3. The van der Waals surface area contributed by atoms with Crippen LogP contribution in [-0.4, -0.2) is 68.5 Å². The van der Waals surface area contributed by atoms with Crippen LogP contribution in [0.3, 0.4) is 0 Å². The lowest BCUT2D eigenvalue weighted by atomic mass is 9.58. The molecule has 0 spiro atoms. The van der Waals surface area contributed by atoms with Gasteiger partial charge in [0.05, 0.1) is 11.6 Å². The molecule has 204 valence electrons. The van der Waals surface area contributed by atoms with E-state index in [2.05, 4.69) is 0 Å². The van der Waals surface area contributed by atoms with Crippen LogP contribution in [0.15, 0.2) is 59.1 Å². The number of phenolic OH excluding ortho intramolecular Hbond substituents is 1. The number of carbonyl (C=O) groups is 3. The summed E-state index contributed by atoms with van der Waals surface area (Å²) in [6.45, 7) is 0. The molecular formula is C29H31N3O7. The summed E-state index contributed by atoms with van der Waals surface area (Å²) in [6, 6.07) is 9.65. The number of amides is 1. The van der Waals surface area contributed by atoms with Gasteiger partial charge in [-0.15, -0.1) is 0 Å². The van der Waals surface area contributed by atoms with E-state index >= 15 is 0 Å². The van der Waals surface area contributed by atoms with E-state index in [1.54, 1.807) is 20.2 Å². The quantitative estimate of drug-likeness (QED) is 0.244. The Kier molecular flexibility index (Phi) is 6.27. The maximum atomic E-state index is 13.8. The molecule has 39 heavy (non-hydrogen) atoms. The van der Waals surface area contributed by atoms with Gasteiger partial charge >= 0.3 is 0 Å². The number of allylic oxidation sites excluding steroid dienone is 1. The number of nitrogens with two attached hydrogens (primary N) is 2. The maximum absolute atomic E-state index is 13.8. The molecule has 10 heteroatoms. The number of fused-ring (bicyclic) bond motifs is 3. The van der Waals surface area contributed by atoms with Gasteiger partial charge in [-0.3, -0.25) is 19.3 Å². The molecule has 0 heterocycles. The summed E-state index contributed by atoms with van der Waals surface area (Å²) < 4.78 is 0. The number of anilines is 1. The number of benzene rings is 2. The van der Waals surface area contributed by atoms with Crippen molar-refractivity contribution in [1.29, 1.82) is 0 Å². The summed E-state index contributed by atoms with van der Waals surface area (Å²) in [7, 11) is 3.20. The highest BCUT2D eigenvalue weighted by molar-refractivity contribution is 6.24. The number of aliphatic hydroxyl groups excluding tert-OH is 2. The Labute approximate surface area is 224 Å². The second kappa shape index (κ2) is 9.25. The molecule has 4 atom stereocenters. The van der Waals surface area contributed by atoms with Crippen molar-refractivity contribution in [1.82, 2.24) is 4.90 Å². The predicted octanol–water partition coefficient (Wildman–Crippen LogP) is 1.49. The van der Waals surface area contributed by atoms with Crippen LogP contribution in [-0.2, 0) is 28.9 Å². The summed E-state index contributed by atoms with van der Waals surface area (Å²) >= 11 is 0. The number of primary amides is 1. The first-order valence-corrected chi connectivity index (χ1v) is 12.7. The fourth-order valence-corrected chi connectivity index (χ4v) is 6.51. The number of phenols is 1. The fraction of sp³-hybridized carbons (Fsp3) is 0.345. The van der Waals surface area contributed by atoms with Crippen molar-refractivity contribution >= 4 is 23.2 Å². The molecule has 2 aromatic rings. The molecule has 0 saturated carbocycles. The zero-order valence-electron chi connectivity index (χ0n) is 21.6. The Balaban J connectivity index is 1.60. The topological polar surface area (TPSA) is 187 Å². The van der Waals surface area contributed by atoms with E-state index in [0.717, 1.165) is 11.1 Å². The monoisotopic (exact) mass is 533 g/mol. The number of nitrogens with zero attached hydrogens (tertiary/aromatic N) is 1. The largest absolute Gasteiger partial charge is 0.510 e. The van der Waals surface area contributed by atoms with Crippen molar-refractivity contribution in [2.24, 2.45) is 17.6 Å². The number of likely N-dealkylation sites (N-methyl/N-ethyl adjacent to an activating group) is 1. The van der Waals surface area contributed by atoms with E-state index in [-0.39, 0.29) is 29.7 Å². The van der Waals surface area contributed by atoms with E-state index in [9.17, 15) is 34.8 Å². The van der Waals surface area contributed by atoms with E-state index < -0.39 is 58.0 Å². The van der Waals surface area contributed by atoms with Crippen LogP contribution in [0, 0.1) is 11.8 Å². The van der Waals surface area contributed by atoms with E-state index in [0.29, 0.717) is 24.1 Å². The third-order valence-corrected chi connectivity index (χ3v) is 8.37. The van der Waals surface area contributed by atoms with E-state index in [4.69, 9.17) is 11.5 Å². The first-order chi connectivity index (χ1) is 18.4. The maximum Gasteiger partial charge on any atom is 0.255 e. The SMILES string of the molecule is CN(C)[C@H]1C(O)=C(C(N)=O)C(=O)[C@@]2(O)C(O)=C3C(=O)c4c(O)ccc(CCc5ccc(N)cc5)c4C[C@@H]3C[C@H]12. The number of nitrogen functional groups attached to an aromatic ring is 1. The van der Waals surface area contributed by atoms with Gasteiger partial charge in [0.15, 0.2) is 11.4 Å². The average Bonchev–Trinajstić information content (AvgIpc) is 2.86. The summed E-state index contributed by atoms with van der Waals surface area (Å²) in [5.41, 5.74) is 10.7. The van der Waals surface area contributed by atoms with Gasteiger partial charge in [-0.1, -0.05) is 18.2 Å². The molecule has 0 aliphatic heterocycles. The molecule has 0 unspecified atom stereocenters. The lowest BCUT2D eigenvalue weighted by molar-refractivity contribution is -0.148. The number of ketones is 2. The average molecular weight is 534 g/mol. The first kappa shape index (κ1) is 26.5. The lowest BCUT2D eigenvalue weighted by Crippen LogP contribution is -2.63. The predicted molar refractivity (Wildman–Crippen MR) is 142 cm³/mol. The molecule has 0 saturated heterocycles. The highest BCUT2D eigenvalue weighted by Gasteiger charge is 2.63. The Morgan fingerprint density at radius 2 is 1.72 bits per heavy atom. The van der Waals surface area contributed by atoms with E-state index in [1.807, 2.05) is 24.3 Å². The minimum atomic E-state index is -2.65. The second-order valence-electron chi connectivity index (χ2n) is 10.8. The molecule has 2 aromatic carbocycles. The number of rotatable bonds is 5. The van der Waals surface area contributed by atoms with Crippen LogP contribution in [0.4, 0.5) is 5.69 Å². The van der Waals surface area contributed by atoms with Gasteiger partial charge in [-0.2, -0.15) is 0 Å². The zero-order valence-corrected chi connectivity index (χ0v) is 21.6. The van der Waals surface area contributed by atoms with Gasteiger partial charge in [0, 0.05) is 17.2 Å². The van der Waals surface area contributed by atoms with Gasteiger partial charge in [-0.25, -0.2) is 0 Å². The van der Waals surface area contributed by atoms with E-state index in [1.165, 1.54) is 11.0 Å². The Bertz CT molecular complexity index is 1470. The van der Waals surface area contributed by atoms with Gasteiger partial charge in [0.1, 0.15) is 22.8 Å².